The van der Waals surface area contributed by atoms with Gasteiger partial charge in [-0.2, -0.15) is 4.99 Å². The van der Waals surface area contributed by atoms with Crippen LogP contribution in [0, 0.1) is 0 Å². The van der Waals surface area contributed by atoms with Crippen molar-refractivity contribution in [3.63, 3.8) is 0 Å². The van der Waals surface area contributed by atoms with E-state index >= 15 is 0 Å². The number of para-hydroxylation sites is 2. The molecule has 7 nitrogen and oxygen atoms in total. The summed E-state index contributed by atoms with van der Waals surface area (Å²) in [6.45, 7) is 0. The number of guanidine groups is 1. The topological polar surface area (TPSA) is 101 Å². The largest absolute Gasteiger partial charge is 0.369 e. The van der Waals surface area contributed by atoms with Crippen molar-refractivity contribution in [3.8, 4) is 11.3 Å². The van der Waals surface area contributed by atoms with Crippen LogP contribution < -0.4 is 16.4 Å². The van der Waals surface area contributed by atoms with Crippen molar-refractivity contribution in [2.24, 2.45) is 10.7 Å². The van der Waals surface area contributed by atoms with E-state index in [2.05, 4.69) is 25.8 Å². The Morgan fingerprint density at radius 2 is 1.66 bits per heavy atom. The smallest absolute Gasteiger partial charge is 0.199 e. The maximum atomic E-state index is 6.16. The zero-order valence-electron chi connectivity index (χ0n) is 17.5. The van der Waals surface area contributed by atoms with Crippen LogP contribution in [0.2, 0.25) is 0 Å². The Hall–Kier alpha value is -3.78. The molecule has 0 amide bonds. The fraction of sp³-hybridized carbons (Fsp3) is 0.167. The lowest BCUT2D eigenvalue weighted by Gasteiger charge is -2.11. The van der Waals surface area contributed by atoms with Gasteiger partial charge in [0.2, 0.25) is 0 Å². The summed E-state index contributed by atoms with van der Waals surface area (Å²) in [6.07, 6.45) is 4.65. The molecule has 1 aliphatic carbocycles. The van der Waals surface area contributed by atoms with E-state index in [0.29, 0.717) is 5.82 Å². The fourth-order valence-corrected chi connectivity index (χ4v) is 4.72. The highest BCUT2D eigenvalue weighted by molar-refractivity contribution is 7.15. The highest BCUT2D eigenvalue weighted by atomic mass is 32.1. The molecule has 0 atom stereocenters. The molecule has 0 unspecified atom stereocenters. The first kappa shape index (κ1) is 20.1. The van der Waals surface area contributed by atoms with Crippen LogP contribution in [-0.4, -0.2) is 21.1 Å². The quantitative estimate of drug-likeness (QED) is 0.288. The van der Waals surface area contributed by atoms with Gasteiger partial charge in [0.05, 0.1) is 22.8 Å². The third-order valence-corrected chi connectivity index (χ3v) is 6.30. The standard InChI is InChI=1S/C24H23N7S/c25-23(29-22-15-14-17(30-31-22)16-8-2-1-3-9-16)26-18-10-4-5-11-19(18)27-24-28-20-12-6-7-13-21(20)32-24/h1-5,8-11,14-15H,6-7,12-13H2,(H,27,28)(H3,25,26,29,31). The van der Waals surface area contributed by atoms with Gasteiger partial charge >= 0.3 is 0 Å². The molecule has 0 saturated carbocycles. The Bertz CT molecular complexity index is 1210. The lowest BCUT2D eigenvalue weighted by molar-refractivity contribution is 0.683. The molecule has 32 heavy (non-hydrogen) atoms. The summed E-state index contributed by atoms with van der Waals surface area (Å²) in [5, 5.41) is 15.9. The van der Waals surface area contributed by atoms with E-state index in [1.807, 2.05) is 60.7 Å². The summed E-state index contributed by atoms with van der Waals surface area (Å²) in [6, 6.07) is 21.4. The number of rotatable bonds is 5. The molecule has 0 aliphatic heterocycles. The van der Waals surface area contributed by atoms with Crippen molar-refractivity contribution in [1.29, 1.82) is 0 Å². The van der Waals surface area contributed by atoms with Gasteiger partial charge in [-0.05, 0) is 49.9 Å². The second-order valence-electron chi connectivity index (χ2n) is 7.53. The van der Waals surface area contributed by atoms with Crippen LogP contribution >= 0.6 is 11.3 Å². The minimum Gasteiger partial charge on any atom is -0.369 e. The molecule has 2 heterocycles. The SMILES string of the molecule is NC(=Nc1ccc(-c2ccccc2)nn1)Nc1ccccc1Nc1nc2c(s1)CCCC2. The maximum Gasteiger partial charge on any atom is 0.199 e. The number of fused-ring (bicyclic) bond motifs is 1. The molecule has 0 bridgehead atoms. The Labute approximate surface area is 190 Å². The first-order chi connectivity index (χ1) is 15.7. The number of nitrogens with one attached hydrogen (secondary N) is 2. The van der Waals surface area contributed by atoms with Gasteiger partial charge in [-0.25, -0.2) is 4.98 Å². The van der Waals surface area contributed by atoms with Crippen molar-refractivity contribution in [1.82, 2.24) is 15.2 Å². The lowest BCUT2D eigenvalue weighted by Crippen LogP contribution is -2.22. The highest BCUT2D eigenvalue weighted by Crippen LogP contribution is 2.33. The highest BCUT2D eigenvalue weighted by Gasteiger charge is 2.16. The summed E-state index contributed by atoms with van der Waals surface area (Å²) in [4.78, 5) is 10.5. The molecule has 2 aromatic heterocycles. The molecule has 0 saturated heterocycles. The lowest BCUT2D eigenvalue weighted by atomic mass is 10.0. The fourth-order valence-electron chi connectivity index (χ4n) is 3.66. The van der Waals surface area contributed by atoms with Crippen LogP contribution in [0.5, 0.6) is 0 Å². The Balaban J connectivity index is 1.31. The first-order valence-electron chi connectivity index (χ1n) is 10.6. The summed E-state index contributed by atoms with van der Waals surface area (Å²) >= 11 is 1.73. The number of nitrogens with zero attached hydrogens (tertiary/aromatic N) is 4. The average Bonchev–Trinajstić information content (AvgIpc) is 3.24. The summed E-state index contributed by atoms with van der Waals surface area (Å²) in [5.41, 5.74) is 10.9. The molecule has 4 N–H and O–H groups in total. The molecule has 0 spiro atoms. The third-order valence-electron chi connectivity index (χ3n) is 5.23. The van der Waals surface area contributed by atoms with Crippen LogP contribution in [0.1, 0.15) is 23.4 Å². The molecule has 1 aliphatic rings. The van der Waals surface area contributed by atoms with Crippen LogP contribution in [0.3, 0.4) is 0 Å². The molecular weight excluding hydrogens is 418 g/mol. The van der Waals surface area contributed by atoms with E-state index in [9.17, 15) is 0 Å². The Kier molecular flexibility index (Phi) is 5.76. The van der Waals surface area contributed by atoms with Crippen LogP contribution in [-0.2, 0) is 12.8 Å². The molecule has 0 fully saturated rings. The van der Waals surface area contributed by atoms with Gasteiger partial charge in [-0.1, -0.05) is 42.5 Å². The van der Waals surface area contributed by atoms with Crippen LogP contribution in [0.15, 0.2) is 71.7 Å². The van der Waals surface area contributed by atoms with E-state index in [1.54, 1.807) is 17.4 Å². The monoisotopic (exact) mass is 441 g/mol. The number of thiazole rings is 1. The van der Waals surface area contributed by atoms with E-state index in [-0.39, 0.29) is 5.96 Å². The number of anilines is 3. The number of aryl methyl sites for hydroxylation is 2. The number of hydrogen-bond donors (Lipinski definition) is 3. The molecule has 160 valence electrons. The molecule has 2 aromatic carbocycles. The van der Waals surface area contributed by atoms with Crippen LogP contribution in [0.25, 0.3) is 11.3 Å². The van der Waals surface area contributed by atoms with Crippen molar-refractivity contribution in [3.05, 3.63) is 77.3 Å². The number of aromatic nitrogens is 3. The summed E-state index contributed by atoms with van der Waals surface area (Å²) in [7, 11) is 0. The number of benzene rings is 2. The predicted octanol–water partition coefficient (Wildman–Crippen LogP) is 5.28. The normalized spacial score (nSPS) is 13.4. The van der Waals surface area contributed by atoms with Crippen molar-refractivity contribution in [2.45, 2.75) is 25.7 Å². The van der Waals surface area contributed by atoms with E-state index in [4.69, 9.17) is 10.7 Å². The molecular formula is C24H23N7S. The minimum atomic E-state index is 0.236. The molecule has 0 radical (unpaired) electrons. The maximum absolute atomic E-state index is 6.16. The predicted molar refractivity (Wildman–Crippen MR) is 131 cm³/mol. The van der Waals surface area contributed by atoms with Crippen LogP contribution in [0.4, 0.5) is 22.3 Å². The second kappa shape index (κ2) is 9.15. The van der Waals surface area contributed by atoms with Gasteiger partial charge < -0.3 is 16.4 Å². The number of aliphatic imine (C=N–C) groups is 1. The van der Waals surface area contributed by atoms with Crippen molar-refractivity contribution in [2.75, 3.05) is 10.6 Å². The van der Waals surface area contributed by atoms with Gasteiger partial charge in [-0.15, -0.1) is 21.5 Å². The van der Waals surface area contributed by atoms with E-state index in [1.165, 1.54) is 23.4 Å². The Morgan fingerprint density at radius 3 is 2.44 bits per heavy atom. The summed E-state index contributed by atoms with van der Waals surface area (Å²) in [5.74, 6) is 0.673. The van der Waals surface area contributed by atoms with Crippen molar-refractivity contribution < 1.29 is 0 Å². The van der Waals surface area contributed by atoms with E-state index in [0.717, 1.165) is 40.6 Å². The molecule has 8 heteroatoms. The van der Waals surface area contributed by atoms with Gasteiger partial charge in [0.1, 0.15) is 0 Å². The molecule has 5 rings (SSSR count). The molecule has 4 aromatic rings. The second-order valence-corrected chi connectivity index (χ2v) is 8.62. The van der Waals surface area contributed by atoms with Crippen molar-refractivity contribution >= 4 is 39.6 Å². The zero-order chi connectivity index (χ0) is 21.8. The summed E-state index contributed by atoms with van der Waals surface area (Å²) < 4.78 is 0. The van der Waals surface area contributed by atoms with E-state index < -0.39 is 0 Å². The third kappa shape index (κ3) is 4.60. The average molecular weight is 442 g/mol. The zero-order valence-corrected chi connectivity index (χ0v) is 18.3. The number of hydrogen-bond acceptors (Lipinski definition) is 6. The van der Waals surface area contributed by atoms with Gasteiger partial charge in [-0.3, -0.25) is 0 Å². The Morgan fingerprint density at radius 1 is 0.875 bits per heavy atom. The van der Waals surface area contributed by atoms with Gasteiger partial charge in [0.25, 0.3) is 0 Å². The van der Waals surface area contributed by atoms with Gasteiger partial charge in [0.15, 0.2) is 16.9 Å². The number of nitrogens with two attached hydrogens (primary N) is 1. The first-order valence-corrected chi connectivity index (χ1v) is 11.4. The van der Waals surface area contributed by atoms with Gasteiger partial charge in [0, 0.05) is 10.4 Å². The minimum absolute atomic E-state index is 0.236.